The van der Waals surface area contributed by atoms with Crippen LogP contribution in [0, 0.1) is 0 Å². The molecule has 4 N–H and O–H groups in total. The van der Waals surface area contributed by atoms with E-state index < -0.39 is 6.04 Å². The maximum Gasteiger partial charge on any atom is 0.256 e. The Balaban J connectivity index is 1.40. The van der Waals surface area contributed by atoms with Gasteiger partial charge in [-0.05, 0) is 24.1 Å². The van der Waals surface area contributed by atoms with Gasteiger partial charge in [0.2, 0.25) is 5.91 Å². The van der Waals surface area contributed by atoms with Gasteiger partial charge in [-0.1, -0.05) is 30.3 Å². The van der Waals surface area contributed by atoms with Crippen LogP contribution in [0.4, 0.5) is 0 Å². The van der Waals surface area contributed by atoms with Gasteiger partial charge >= 0.3 is 0 Å². The maximum atomic E-state index is 12.1. The predicted octanol–water partition coefficient (Wildman–Crippen LogP) is 0.967. The molecule has 2 heterocycles. The lowest BCUT2D eigenvalue weighted by Gasteiger charge is -2.11. The van der Waals surface area contributed by atoms with Crippen molar-refractivity contribution in [3.05, 3.63) is 60.1 Å². The minimum atomic E-state index is -0.402. The highest BCUT2D eigenvalue weighted by molar-refractivity contribution is 5.85. The Morgan fingerprint density at radius 3 is 2.67 bits per heavy atom. The third kappa shape index (κ3) is 4.21. The first-order valence-corrected chi connectivity index (χ1v) is 7.89. The number of hydrogen-bond acceptors (Lipinski definition) is 5. The zero-order chi connectivity index (χ0) is 16.8. The van der Waals surface area contributed by atoms with Crippen LogP contribution < -0.4 is 21.7 Å². The molecule has 24 heavy (non-hydrogen) atoms. The molecule has 126 valence electrons. The van der Waals surface area contributed by atoms with Gasteiger partial charge in [0.1, 0.15) is 11.8 Å². The lowest BCUT2D eigenvalue weighted by molar-refractivity contribution is -0.129. The number of amides is 2. The molecule has 0 radical (unpaired) electrons. The average Bonchev–Trinajstić information content (AvgIpc) is 3.30. The van der Waals surface area contributed by atoms with Crippen LogP contribution in [-0.4, -0.2) is 17.9 Å². The lowest BCUT2D eigenvalue weighted by Crippen LogP contribution is -2.50. The van der Waals surface area contributed by atoms with Crippen molar-refractivity contribution in [1.29, 1.82) is 0 Å². The van der Waals surface area contributed by atoms with Crippen molar-refractivity contribution in [1.82, 2.24) is 21.7 Å². The van der Waals surface area contributed by atoms with E-state index in [0.717, 1.165) is 11.3 Å². The van der Waals surface area contributed by atoms with Gasteiger partial charge in [-0.15, -0.1) is 0 Å². The molecule has 2 amide bonds. The number of nitrogens with one attached hydrogen (secondary N) is 4. The molecule has 2 unspecified atom stereocenters. The van der Waals surface area contributed by atoms with Gasteiger partial charge in [0.25, 0.3) is 5.91 Å². The van der Waals surface area contributed by atoms with Gasteiger partial charge < -0.3 is 4.42 Å². The van der Waals surface area contributed by atoms with Crippen LogP contribution in [0.25, 0.3) is 0 Å². The van der Waals surface area contributed by atoms with Crippen molar-refractivity contribution in [2.75, 3.05) is 0 Å². The Hall–Kier alpha value is -2.64. The summed E-state index contributed by atoms with van der Waals surface area (Å²) < 4.78 is 5.16. The van der Waals surface area contributed by atoms with E-state index in [1.165, 1.54) is 0 Å². The normalized spacial score (nSPS) is 19.8. The van der Waals surface area contributed by atoms with Crippen LogP contribution in [0.2, 0.25) is 0 Å². The SMILES string of the molecule is O=C(CCc1ccco1)NNC(=O)C1CC(c2ccccc2)NN1. The van der Waals surface area contributed by atoms with Gasteiger partial charge in [0.15, 0.2) is 0 Å². The molecular weight excluding hydrogens is 308 g/mol. The van der Waals surface area contributed by atoms with Crippen LogP contribution in [0.3, 0.4) is 0 Å². The number of hydrogen-bond donors (Lipinski definition) is 4. The Kier molecular flexibility index (Phi) is 5.25. The van der Waals surface area contributed by atoms with Gasteiger partial charge in [0, 0.05) is 18.9 Å². The quantitative estimate of drug-likeness (QED) is 0.614. The molecule has 0 bridgehead atoms. The van der Waals surface area contributed by atoms with E-state index in [4.69, 9.17) is 4.42 Å². The van der Waals surface area contributed by atoms with Crippen molar-refractivity contribution in [2.24, 2.45) is 0 Å². The number of aryl methyl sites for hydroxylation is 1. The van der Waals surface area contributed by atoms with E-state index in [1.54, 1.807) is 12.3 Å². The van der Waals surface area contributed by atoms with Crippen LogP contribution in [0.5, 0.6) is 0 Å². The largest absolute Gasteiger partial charge is 0.469 e. The summed E-state index contributed by atoms with van der Waals surface area (Å²) in [4.78, 5) is 23.9. The van der Waals surface area contributed by atoms with E-state index in [9.17, 15) is 9.59 Å². The molecule has 0 spiro atoms. The highest BCUT2D eigenvalue weighted by Gasteiger charge is 2.30. The second-order valence-electron chi connectivity index (χ2n) is 5.66. The molecule has 0 saturated carbocycles. The van der Waals surface area contributed by atoms with Crippen molar-refractivity contribution in [2.45, 2.75) is 31.3 Å². The highest BCUT2D eigenvalue weighted by atomic mass is 16.3. The Morgan fingerprint density at radius 1 is 1.08 bits per heavy atom. The zero-order valence-electron chi connectivity index (χ0n) is 13.1. The smallest absolute Gasteiger partial charge is 0.256 e. The van der Waals surface area contributed by atoms with E-state index in [0.29, 0.717) is 12.8 Å². The molecule has 2 atom stereocenters. The first-order valence-electron chi connectivity index (χ1n) is 7.89. The van der Waals surface area contributed by atoms with E-state index in [-0.39, 0.29) is 24.3 Å². The Bertz CT molecular complexity index is 672. The zero-order valence-corrected chi connectivity index (χ0v) is 13.1. The standard InChI is InChI=1S/C17H20N4O3/c22-16(9-8-13-7-4-10-24-13)20-21-17(23)15-11-14(18-19-15)12-5-2-1-3-6-12/h1-7,10,14-15,18-19H,8-9,11H2,(H,20,22)(H,21,23). The second-order valence-corrected chi connectivity index (χ2v) is 5.66. The third-order valence-electron chi connectivity index (χ3n) is 3.93. The minimum Gasteiger partial charge on any atom is -0.469 e. The third-order valence-corrected chi connectivity index (χ3v) is 3.93. The molecule has 7 heteroatoms. The molecule has 2 aromatic rings. The van der Waals surface area contributed by atoms with Crippen molar-refractivity contribution in [3.63, 3.8) is 0 Å². The number of hydrazine groups is 2. The Labute approximate surface area is 139 Å². The number of benzene rings is 1. The monoisotopic (exact) mass is 328 g/mol. The van der Waals surface area contributed by atoms with Gasteiger partial charge in [-0.25, -0.2) is 10.9 Å². The van der Waals surface area contributed by atoms with E-state index in [2.05, 4.69) is 21.7 Å². The summed E-state index contributed by atoms with van der Waals surface area (Å²) in [6.07, 6.45) is 2.92. The molecule has 3 rings (SSSR count). The summed E-state index contributed by atoms with van der Waals surface area (Å²) in [5.41, 5.74) is 12.1. The fourth-order valence-electron chi connectivity index (χ4n) is 2.60. The molecule has 1 aromatic heterocycles. The molecule has 1 aromatic carbocycles. The molecule has 1 aliphatic rings. The van der Waals surface area contributed by atoms with E-state index >= 15 is 0 Å². The summed E-state index contributed by atoms with van der Waals surface area (Å²) in [6, 6.07) is 13.1. The summed E-state index contributed by atoms with van der Waals surface area (Å²) in [7, 11) is 0. The van der Waals surface area contributed by atoms with Gasteiger partial charge in [0.05, 0.1) is 6.26 Å². The molecule has 1 aliphatic heterocycles. The Morgan fingerprint density at radius 2 is 1.92 bits per heavy atom. The van der Waals surface area contributed by atoms with Gasteiger partial charge in [-0.3, -0.25) is 20.4 Å². The predicted molar refractivity (Wildman–Crippen MR) is 87.2 cm³/mol. The summed E-state index contributed by atoms with van der Waals surface area (Å²) in [5, 5.41) is 0. The van der Waals surface area contributed by atoms with Crippen molar-refractivity contribution < 1.29 is 14.0 Å². The highest BCUT2D eigenvalue weighted by Crippen LogP contribution is 2.21. The number of rotatable bonds is 5. The summed E-state index contributed by atoms with van der Waals surface area (Å²) >= 11 is 0. The first kappa shape index (κ1) is 16.2. The number of carbonyl (C=O) groups excluding carboxylic acids is 2. The molecule has 0 aliphatic carbocycles. The average molecular weight is 328 g/mol. The molecular formula is C17H20N4O3. The topological polar surface area (TPSA) is 95.4 Å². The minimum absolute atomic E-state index is 0.0663. The van der Waals surface area contributed by atoms with Crippen molar-refractivity contribution >= 4 is 11.8 Å². The molecule has 1 fully saturated rings. The van der Waals surface area contributed by atoms with Crippen LogP contribution in [0.15, 0.2) is 53.1 Å². The fraction of sp³-hybridized carbons (Fsp3) is 0.294. The number of furan rings is 1. The summed E-state index contributed by atoms with van der Waals surface area (Å²) in [5.74, 6) is 0.210. The van der Waals surface area contributed by atoms with Crippen molar-refractivity contribution in [3.8, 4) is 0 Å². The molecule has 1 saturated heterocycles. The summed E-state index contributed by atoms with van der Waals surface area (Å²) in [6.45, 7) is 0. The number of carbonyl (C=O) groups is 2. The second kappa shape index (κ2) is 7.76. The van der Waals surface area contributed by atoms with Crippen LogP contribution in [0.1, 0.15) is 30.2 Å². The molecule has 7 nitrogen and oxygen atoms in total. The van der Waals surface area contributed by atoms with Crippen LogP contribution >= 0.6 is 0 Å². The van der Waals surface area contributed by atoms with Crippen LogP contribution in [-0.2, 0) is 16.0 Å². The van der Waals surface area contributed by atoms with E-state index in [1.807, 2.05) is 36.4 Å². The first-order chi connectivity index (χ1) is 11.7. The maximum absolute atomic E-state index is 12.1. The van der Waals surface area contributed by atoms with Gasteiger partial charge in [-0.2, -0.15) is 0 Å². The lowest BCUT2D eigenvalue weighted by atomic mass is 10.0. The fourth-order valence-corrected chi connectivity index (χ4v) is 2.60.